The average Bonchev–Trinajstić information content (AvgIpc) is 2.75. The molecule has 29 heavy (non-hydrogen) atoms. The lowest BCUT2D eigenvalue weighted by molar-refractivity contribution is -0.120. The first-order valence-corrected chi connectivity index (χ1v) is 11.6. The zero-order valence-corrected chi connectivity index (χ0v) is 17.5. The number of nitrogens with zero attached hydrogens (tertiary/aromatic N) is 1. The summed E-state index contributed by atoms with van der Waals surface area (Å²) < 4.78 is 32.3. The van der Waals surface area contributed by atoms with E-state index in [0.29, 0.717) is 37.2 Å². The second-order valence-electron chi connectivity index (χ2n) is 7.29. The number of hydrogen-bond acceptors (Lipinski definition) is 4. The van der Waals surface area contributed by atoms with Gasteiger partial charge in [-0.05, 0) is 43.4 Å². The number of rotatable bonds is 8. The molecule has 2 aromatic carbocycles. The Morgan fingerprint density at radius 3 is 2.62 bits per heavy atom. The molecule has 0 aliphatic carbocycles. The third-order valence-electron chi connectivity index (χ3n) is 5.22. The first-order valence-electron chi connectivity index (χ1n) is 9.95. The van der Waals surface area contributed by atoms with Crippen molar-refractivity contribution in [1.29, 1.82) is 0 Å². The molecule has 1 atom stereocenters. The van der Waals surface area contributed by atoms with Crippen molar-refractivity contribution in [3.8, 4) is 5.75 Å². The number of sulfonamides is 1. The minimum atomic E-state index is -3.38. The van der Waals surface area contributed by atoms with Gasteiger partial charge >= 0.3 is 0 Å². The fourth-order valence-electron chi connectivity index (χ4n) is 3.62. The van der Waals surface area contributed by atoms with Gasteiger partial charge in [0.1, 0.15) is 5.75 Å². The summed E-state index contributed by atoms with van der Waals surface area (Å²) in [6.45, 7) is 0.709. The molecule has 0 radical (unpaired) electrons. The number of aryl methyl sites for hydroxylation is 1. The quantitative estimate of drug-likeness (QED) is 0.716. The summed E-state index contributed by atoms with van der Waals surface area (Å²) in [6, 6.07) is 17.1. The standard InChI is InChI=1S/C22H28N2O4S/c1-28-21-14-6-5-13-20(21)23-22(25)19-12-7-15-24(17-19)29(26,27)16-8-11-18-9-3-2-4-10-18/h2-6,9-10,13-14,19H,7-8,11-12,15-17H2,1H3,(H,23,25)/t19-/m0/s1. The Hall–Kier alpha value is -2.38. The van der Waals surface area contributed by atoms with Gasteiger partial charge in [0.25, 0.3) is 0 Å². The van der Waals surface area contributed by atoms with Crippen molar-refractivity contribution in [2.45, 2.75) is 25.7 Å². The summed E-state index contributed by atoms with van der Waals surface area (Å²) in [5.41, 5.74) is 1.73. The van der Waals surface area contributed by atoms with Crippen LogP contribution in [0.15, 0.2) is 54.6 Å². The van der Waals surface area contributed by atoms with E-state index in [9.17, 15) is 13.2 Å². The monoisotopic (exact) mass is 416 g/mol. The van der Waals surface area contributed by atoms with Crippen molar-refractivity contribution in [2.75, 3.05) is 31.3 Å². The van der Waals surface area contributed by atoms with Crippen LogP contribution in [0.1, 0.15) is 24.8 Å². The third-order valence-corrected chi connectivity index (χ3v) is 7.15. The molecule has 0 spiro atoms. The fraction of sp³-hybridized carbons (Fsp3) is 0.409. The molecule has 0 aromatic heterocycles. The molecule has 7 heteroatoms. The van der Waals surface area contributed by atoms with Crippen molar-refractivity contribution in [1.82, 2.24) is 4.31 Å². The zero-order valence-electron chi connectivity index (χ0n) is 16.7. The van der Waals surface area contributed by atoms with Gasteiger partial charge in [-0.1, -0.05) is 42.5 Å². The molecule has 1 heterocycles. The predicted molar refractivity (Wildman–Crippen MR) is 114 cm³/mol. The highest BCUT2D eigenvalue weighted by atomic mass is 32.2. The van der Waals surface area contributed by atoms with Crippen LogP contribution in [0, 0.1) is 5.92 Å². The van der Waals surface area contributed by atoms with Gasteiger partial charge < -0.3 is 10.1 Å². The van der Waals surface area contributed by atoms with Gasteiger partial charge in [-0.25, -0.2) is 12.7 Å². The second kappa shape index (κ2) is 9.89. The summed E-state index contributed by atoms with van der Waals surface area (Å²) in [4.78, 5) is 12.7. The summed E-state index contributed by atoms with van der Waals surface area (Å²) in [5, 5.41) is 2.88. The zero-order chi connectivity index (χ0) is 20.7. The number of hydrogen-bond donors (Lipinski definition) is 1. The number of methoxy groups -OCH3 is 1. The van der Waals surface area contributed by atoms with Crippen molar-refractivity contribution < 1.29 is 17.9 Å². The maximum absolute atomic E-state index is 12.8. The van der Waals surface area contributed by atoms with Crippen molar-refractivity contribution >= 4 is 21.6 Å². The molecule has 1 saturated heterocycles. The Morgan fingerprint density at radius 1 is 1.14 bits per heavy atom. The van der Waals surface area contributed by atoms with Crippen molar-refractivity contribution in [3.63, 3.8) is 0 Å². The molecule has 156 valence electrons. The van der Waals surface area contributed by atoms with E-state index in [1.54, 1.807) is 19.2 Å². The molecule has 0 bridgehead atoms. The van der Waals surface area contributed by atoms with Gasteiger partial charge in [0, 0.05) is 13.1 Å². The highest BCUT2D eigenvalue weighted by Gasteiger charge is 2.32. The van der Waals surface area contributed by atoms with Crippen LogP contribution < -0.4 is 10.1 Å². The molecular formula is C22H28N2O4S. The number of benzene rings is 2. The molecule has 1 fully saturated rings. The van der Waals surface area contributed by atoms with Crippen LogP contribution in [0.4, 0.5) is 5.69 Å². The van der Waals surface area contributed by atoms with E-state index in [4.69, 9.17) is 4.74 Å². The lowest BCUT2D eigenvalue weighted by atomic mass is 9.98. The maximum Gasteiger partial charge on any atom is 0.228 e. The Morgan fingerprint density at radius 2 is 1.86 bits per heavy atom. The Bertz CT molecular complexity index is 915. The van der Waals surface area contributed by atoms with E-state index < -0.39 is 10.0 Å². The highest BCUT2D eigenvalue weighted by Crippen LogP contribution is 2.26. The molecule has 3 rings (SSSR count). The van der Waals surface area contributed by atoms with Crippen LogP contribution in [0.5, 0.6) is 5.75 Å². The van der Waals surface area contributed by atoms with Crippen molar-refractivity contribution in [3.05, 3.63) is 60.2 Å². The fourth-order valence-corrected chi connectivity index (χ4v) is 5.21. The third kappa shape index (κ3) is 5.81. The van der Waals surface area contributed by atoms with E-state index in [0.717, 1.165) is 12.0 Å². The van der Waals surface area contributed by atoms with E-state index in [1.807, 2.05) is 42.5 Å². The number of para-hydroxylation sites is 2. The van der Waals surface area contributed by atoms with Gasteiger partial charge in [-0.15, -0.1) is 0 Å². The SMILES string of the molecule is COc1ccccc1NC(=O)[C@H]1CCCN(S(=O)(=O)CCCc2ccccc2)C1. The van der Waals surface area contributed by atoms with Crippen LogP contribution in [0.3, 0.4) is 0 Å². The van der Waals surface area contributed by atoms with Gasteiger partial charge in [-0.3, -0.25) is 4.79 Å². The van der Waals surface area contributed by atoms with Gasteiger partial charge in [0.05, 0.1) is 24.5 Å². The number of carbonyl (C=O) groups excluding carboxylic acids is 1. The number of amides is 1. The Kier molecular flexibility index (Phi) is 7.28. The van der Waals surface area contributed by atoms with Crippen LogP contribution in [-0.4, -0.2) is 44.6 Å². The molecule has 1 aliphatic rings. The van der Waals surface area contributed by atoms with E-state index in [1.165, 1.54) is 4.31 Å². The Labute approximate surface area is 172 Å². The number of ether oxygens (including phenoxy) is 1. The highest BCUT2D eigenvalue weighted by molar-refractivity contribution is 7.89. The topological polar surface area (TPSA) is 75.7 Å². The summed E-state index contributed by atoms with van der Waals surface area (Å²) in [5.74, 6) is 0.154. The van der Waals surface area contributed by atoms with Crippen LogP contribution in [0.2, 0.25) is 0 Å². The molecular weight excluding hydrogens is 388 g/mol. The molecule has 0 saturated carbocycles. The van der Waals surface area contributed by atoms with E-state index in [-0.39, 0.29) is 24.1 Å². The number of anilines is 1. The molecule has 1 amide bonds. The van der Waals surface area contributed by atoms with Crippen LogP contribution in [0.25, 0.3) is 0 Å². The summed E-state index contributed by atoms with van der Waals surface area (Å²) >= 11 is 0. The molecule has 0 unspecified atom stereocenters. The minimum absolute atomic E-state index is 0.0999. The average molecular weight is 417 g/mol. The molecule has 1 aliphatic heterocycles. The van der Waals surface area contributed by atoms with Crippen LogP contribution in [-0.2, 0) is 21.2 Å². The van der Waals surface area contributed by atoms with Gasteiger partial charge in [0.2, 0.25) is 15.9 Å². The Balaban J connectivity index is 1.56. The number of carbonyl (C=O) groups is 1. The van der Waals surface area contributed by atoms with Gasteiger partial charge in [0.15, 0.2) is 0 Å². The first-order chi connectivity index (χ1) is 14.0. The lowest BCUT2D eigenvalue weighted by Gasteiger charge is -2.31. The predicted octanol–water partition coefficient (Wildman–Crippen LogP) is 3.31. The molecule has 1 N–H and O–H groups in total. The second-order valence-corrected chi connectivity index (χ2v) is 9.38. The van der Waals surface area contributed by atoms with Gasteiger partial charge in [-0.2, -0.15) is 0 Å². The molecule has 2 aromatic rings. The van der Waals surface area contributed by atoms with Crippen molar-refractivity contribution in [2.24, 2.45) is 5.92 Å². The van der Waals surface area contributed by atoms with E-state index >= 15 is 0 Å². The maximum atomic E-state index is 12.8. The largest absolute Gasteiger partial charge is 0.495 e. The van der Waals surface area contributed by atoms with E-state index in [2.05, 4.69) is 5.32 Å². The summed E-state index contributed by atoms with van der Waals surface area (Å²) in [7, 11) is -1.83. The first kappa shape index (κ1) is 21.3. The summed E-state index contributed by atoms with van der Waals surface area (Å²) in [6.07, 6.45) is 2.66. The van der Waals surface area contributed by atoms with Crippen LogP contribution >= 0.6 is 0 Å². The number of piperidine rings is 1. The molecule has 6 nitrogen and oxygen atoms in total. The number of nitrogens with one attached hydrogen (secondary N) is 1. The lowest BCUT2D eigenvalue weighted by Crippen LogP contribution is -2.44. The minimum Gasteiger partial charge on any atom is -0.495 e. The smallest absolute Gasteiger partial charge is 0.228 e. The normalized spacial score (nSPS) is 17.6.